The van der Waals surface area contributed by atoms with Crippen LogP contribution >= 0.6 is 0 Å². The Kier molecular flexibility index (Phi) is 5.68. The van der Waals surface area contributed by atoms with Gasteiger partial charge >= 0.3 is 0 Å². The molecule has 1 N–H and O–H groups in total. The molecule has 2 aliphatic heterocycles. The van der Waals surface area contributed by atoms with Crippen molar-refractivity contribution in [2.24, 2.45) is 5.92 Å². The monoisotopic (exact) mass is 417 g/mol. The number of aromatic nitrogens is 1. The molecule has 9 heteroatoms. The number of sulfonamides is 1. The minimum Gasteiger partial charge on any atom is -0.486 e. The molecule has 0 aliphatic carbocycles. The average molecular weight is 417 g/mol. The topological polar surface area (TPSA) is 97.8 Å². The number of hydrogen-bond acceptors (Lipinski definition) is 6. The van der Waals surface area contributed by atoms with E-state index in [1.807, 2.05) is 18.2 Å². The van der Waals surface area contributed by atoms with E-state index in [1.54, 1.807) is 6.07 Å². The standard InChI is InChI=1S/C20H23N3O5S/c24-20(22-13-15-3-4-18-19(12-15)28-11-10-27-18)16-5-8-23(9-6-16)29(25,26)17-2-1-7-21-14-17/h1-4,7,12,14,16H,5-6,8-11,13H2,(H,22,24). The number of nitrogens with one attached hydrogen (secondary N) is 1. The van der Waals surface area contributed by atoms with Gasteiger partial charge in [-0.2, -0.15) is 4.31 Å². The van der Waals surface area contributed by atoms with Gasteiger partial charge in [-0.05, 0) is 42.7 Å². The predicted molar refractivity (Wildman–Crippen MR) is 105 cm³/mol. The predicted octanol–water partition coefficient (Wildman–Crippen LogP) is 1.57. The van der Waals surface area contributed by atoms with Gasteiger partial charge in [-0.25, -0.2) is 8.42 Å². The first-order chi connectivity index (χ1) is 14.0. The van der Waals surface area contributed by atoms with Crippen LogP contribution in [0.1, 0.15) is 18.4 Å². The highest BCUT2D eigenvalue weighted by Gasteiger charge is 2.32. The Bertz CT molecular complexity index is 973. The average Bonchev–Trinajstić information content (AvgIpc) is 2.78. The van der Waals surface area contributed by atoms with Crippen molar-refractivity contribution in [1.82, 2.24) is 14.6 Å². The van der Waals surface area contributed by atoms with E-state index >= 15 is 0 Å². The Morgan fingerprint density at radius 3 is 2.62 bits per heavy atom. The van der Waals surface area contributed by atoms with Crippen LogP contribution in [0.25, 0.3) is 0 Å². The highest BCUT2D eigenvalue weighted by Crippen LogP contribution is 2.30. The SMILES string of the molecule is O=C(NCc1ccc2c(c1)OCCO2)C1CCN(S(=O)(=O)c2cccnc2)CC1. The Balaban J connectivity index is 1.30. The molecule has 1 saturated heterocycles. The molecule has 0 radical (unpaired) electrons. The molecule has 1 fully saturated rings. The fraction of sp³-hybridized carbons (Fsp3) is 0.400. The molecule has 0 atom stereocenters. The minimum absolute atomic E-state index is 0.0571. The third-order valence-electron chi connectivity index (χ3n) is 5.17. The summed E-state index contributed by atoms with van der Waals surface area (Å²) in [6.07, 6.45) is 3.87. The Labute approximate surface area is 169 Å². The van der Waals surface area contributed by atoms with Crippen LogP contribution in [0.4, 0.5) is 0 Å². The van der Waals surface area contributed by atoms with Gasteiger partial charge in [0.1, 0.15) is 18.1 Å². The number of ether oxygens (including phenoxy) is 2. The zero-order valence-electron chi connectivity index (χ0n) is 15.9. The van der Waals surface area contributed by atoms with E-state index < -0.39 is 10.0 Å². The smallest absolute Gasteiger partial charge is 0.244 e. The normalized spacial score (nSPS) is 17.7. The number of carbonyl (C=O) groups is 1. The van der Waals surface area contributed by atoms with Crippen molar-refractivity contribution < 1.29 is 22.7 Å². The summed E-state index contributed by atoms with van der Waals surface area (Å²) in [5.74, 6) is 1.15. The van der Waals surface area contributed by atoms with Gasteiger partial charge in [0.15, 0.2) is 11.5 Å². The van der Waals surface area contributed by atoms with Crippen molar-refractivity contribution in [2.75, 3.05) is 26.3 Å². The first-order valence-corrected chi connectivity index (χ1v) is 11.0. The van der Waals surface area contributed by atoms with E-state index in [2.05, 4.69) is 10.3 Å². The number of rotatable bonds is 5. The molecule has 8 nitrogen and oxygen atoms in total. The van der Waals surface area contributed by atoms with E-state index in [0.717, 1.165) is 5.56 Å². The third-order valence-corrected chi connectivity index (χ3v) is 7.05. The van der Waals surface area contributed by atoms with Crippen LogP contribution in [0.15, 0.2) is 47.6 Å². The largest absolute Gasteiger partial charge is 0.486 e. The Hall–Kier alpha value is -2.65. The van der Waals surface area contributed by atoms with Crippen molar-refractivity contribution in [3.63, 3.8) is 0 Å². The summed E-state index contributed by atoms with van der Waals surface area (Å²) >= 11 is 0. The van der Waals surface area contributed by atoms with E-state index in [0.29, 0.717) is 57.2 Å². The van der Waals surface area contributed by atoms with Crippen molar-refractivity contribution >= 4 is 15.9 Å². The van der Waals surface area contributed by atoms with Gasteiger partial charge in [0.05, 0.1) is 0 Å². The number of hydrogen-bond donors (Lipinski definition) is 1. The molecule has 2 aromatic rings. The summed E-state index contributed by atoms with van der Waals surface area (Å²) in [7, 11) is -3.56. The van der Waals surface area contributed by atoms with E-state index in [9.17, 15) is 13.2 Å². The quantitative estimate of drug-likeness (QED) is 0.793. The van der Waals surface area contributed by atoms with Gasteiger partial charge in [-0.3, -0.25) is 9.78 Å². The number of piperidine rings is 1. The fourth-order valence-electron chi connectivity index (χ4n) is 3.54. The van der Waals surface area contributed by atoms with Crippen LogP contribution in [0.2, 0.25) is 0 Å². The molecule has 0 bridgehead atoms. The zero-order chi connectivity index (χ0) is 20.3. The summed E-state index contributed by atoms with van der Waals surface area (Å²) in [6, 6.07) is 8.76. The van der Waals surface area contributed by atoms with Crippen LogP contribution < -0.4 is 14.8 Å². The molecular formula is C20H23N3O5S. The van der Waals surface area contributed by atoms with Gasteiger partial charge in [-0.15, -0.1) is 0 Å². The molecule has 29 heavy (non-hydrogen) atoms. The van der Waals surface area contributed by atoms with Gasteiger partial charge < -0.3 is 14.8 Å². The minimum atomic E-state index is -3.56. The first-order valence-electron chi connectivity index (χ1n) is 9.60. The summed E-state index contributed by atoms with van der Waals surface area (Å²) in [6.45, 7) is 2.09. The maximum Gasteiger partial charge on any atom is 0.244 e. The van der Waals surface area contributed by atoms with Gasteiger partial charge in [0.25, 0.3) is 0 Å². The lowest BCUT2D eigenvalue weighted by Crippen LogP contribution is -2.42. The molecule has 1 aromatic heterocycles. The van der Waals surface area contributed by atoms with Gasteiger partial charge in [0, 0.05) is 37.9 Å². The molecule has 0 saturated carbocycles. The number of amides is 1. The zero-order valence-corrected chi connectivity index (χ0v) is 16.7. The number of carbonyl (C=O) groups excluding carboxylic acids is 1. The summed E-state index contributed by atoms with van der Waals surface area (Å²) in [5.41, 5.74) is 0.930. The second kappa shape index (κ2) is 8.38. The van der Waals surface area contributed by atoms with Gasteiger partial charge in [-0.1, -0.05) is 6.07 Å². The lowest BCUT2D eigenvalue weighted by atomic mass is 9.97. The Morgan fingerprint density at radius 1 is 1.14 bits per heavy atom. The summed E-state index contributed by atoms with van der Waals surface area (Å²) < 4.78 is 37.8. The number of benzene rings is 1. The highest BCUT2D eigenvalue weighted by atomic mass is 32.2. The van der Waals surface area contributed by atoms with Crippen LogP contribution in [-0.2, 0) is 21.4 Å². The lowest BCUT2D eigenvalue weighted by Gasteiger charge is -2.30. The molecule has 4 rings (SSSR count). The van der Waals surface area contributed by atoms with Crippen LogP contribution in [-0.4, -0.2) is 49.9 Å². The lowest BCUT2D eigenvalue weighted by molar-refractivity contribution is -0.126. The van der Waals surface area contributed by atoms with Crippen LogP contribution in [0, 0.1) is 5.92 Å². The fourth-order valence-corrected chi connectivity index (χ4v) is 4.97. The molecule has 2 aliphatic rings. The van der Waals surface area contributed by atoms with E-state index in [4.69, 9.17) is 9.47 Å². The second-order valence-corrected chi connectivity index (χ2v) is 9.00. The molecule has 1 aromatic carbocycles. The summed E-state index contributed by atoms with van der Waals surface area (Å²) in [4.78, 5) is 16.6. The van der Waals surface area contributed by atoms with Crippen molar-refractivity contribution in [1.29, 1.82) is 0 Å². The van der Waals surface area contributed by atoms with Gasteiger partial charge in [0.2, 0.25) is 15.9 Å². The molecule has 0 unspecified atom stereocenters. The molecule has 154 valence electrons. The first kappa shape index (κ1) is 19.7. The maximum atomic E-state index is 12.7. The molecule has 3 heterocycles. The van der Waals surface area contributed by atoms with E-state index in [-0.39, 0.29) is 16.7 Å². The third kappa shape index (κ3) is 4.35. The molecular weight excluding hydrogens is 394 g/mol. The number of fused-ring (bicyclic) bond motifs is 1. The molecule has 0 spiro atoms. The van der Waals surface area contributed by atoms with Crippen LogP contribution in [0.5, 0.6) is 11.5 Å². The van der Waals surface area contributed by atoms with Crippen molar-refractivity contribution in [2.45, 2.75) is 24.3 Å². The number of pyridine rings is 1. The summed E-state index contributed by atoms with van der Waals surface area (Å²) in [5, 5.41) is 2.95. The highest BCUT2D eigenvalue weighted by molar-refractivity contribution is 7.89. The second-order valence-electron chi connectivity index (χ2n) is 7.06. The Morgan fingerprint density at radius 2 is 1.90 bits per heavy atom. The van der Waals surface area contributed by atoms with Crippen LogP contribution in [0.3, 0.4) is 0 Å². The molecule has 1 amide bonds. The van der Waals surface area contributed by atoms with Crippen molar-refractivity contribution in [3.8, 4) is 11.5 Å². The number of nitrogens with zero attached hydrogens (tertiary/aromatic N) is 2. The van der Waals surface area contributed by atoms with E-state index in [1.165, 1.54) is 22.8 Å². The maximum absolute atomic E-state index is 12.7. The van der Waals surface area contributed by atoms with Crippen molar-refractivity contribution in [3.05, 3.63) is 48.3 Å².